The molecule has 0 saturated heterocycles. The van der Waals surface area contributed by atoms with Gasteiger partial charge >= 0.3 is 0 Å². The standard InChI is InChI=1S/C10H14N2O2S/c1-10(2)7-12(15(3,13)14)8-5-4-6-11-9(8)10/h4-6H,7H2,1-3H3. The maximum atomic E-state index is 11.6. The quantitative estimate of drug-likeness (QED) is 0.721. The van der Waals surface area contributed by atoms with Gasteiger partial charge in [0.25, 0.3) is 0 Å². The normalized spacial score (nSPS) is 19.0. The lowest BCUT2D eigenvalue weighted by Gasteiger charge is -2.19. The molecule has 0 aromatic carbocycles. The molecule has 82 valence electrons. The van der Waals surface area contributed by atoms with Gasteiger partial charge in [-0.25, -0.2) is 8.42 Å². The van der Waals surface area contributed by atoms with Crippen molar-refractivity contribution in [1.82, 2.24) is 4.98 Å². The Hall–Kier alpha value is -1.10. The third-order valence-electron chi connectivity index (χ3n) is 2.64. The predicted octanol–water partition coefficient (Wildman–Crippen LogP) is 1.14. The summed E-state index contributed by atoms with van der Waals surface area (Å²) >= 11 is 0. The lowest BCUT2D eigenvalue weighted by Crippen LogP contribution is -2.33. The Bertz CT molecular complexity index is 494. The van der Waals surface area contributed by atoms with E-state index in [2.05, 4.69) is 4.98 Å². The van der Waals surface area contributed by atoms with E-state index in [1.165, 1.54) is 10.6 Å². The van der Waals surface area contributed by atoms with Crippen LogP contribution in [0.1, 0.15) is 19.5 Å². The molecule has 5 heteroatoms. The van der Waals surface area contributed by atoms with E-state index in [1.807, 2.05) is 13.8 Å². The van der Waals surface area contributed by atoms with Crippen molar-refractivity contribution in [2.45, 2.75) is 19.3 Å². The minimum absolute atomic E-state index is 0.209. The number of hydrogen-bond donors (Lipinski definition) is 0. The summed E-state index contributed by atoms with van der Waals surface area (Å²) in [6.07, 6.45) is 2.93. The zero-order valence-corrected chi connectivity index (χ0v) is 9.87. The first-order chi connectivity index (χ1) is 6.82. The second-order valence-corrected chi connectivity index (χ2v) is 6.43. The van der Waals surface area contributed by atoms with Crippen molar-refractivity contribution in [1.29, 1.82) is 0 Å². The van der Waals surface area contributed by atoms with Crippen LogP contribution in [-0.4, -0.2) is 26.2 Å². The van der Waals surface area contributed by atoms with E-state index in [9.17, 15) is 8.42 Å². The summed E-state index contributed by atoms with van der Waals surface area (Å²) in [5, 5.41) is 0. The van der Waals surface area contributed by atoms with Crippen LogP contribution in [0.4, 0.5) is 5.69 Å². The van der Waals surface area contributed by atoms with Crippen molar-refractivity contribution in [3.8, 4) is 0 Å². The highest BCUT2D eigenvalue weighted by Gasteiger charge is 2.39. The Morgan fingerprint density at radius 1 is 1.47 bits per heavy atom. The van der Waals surface area contributed by atoms with E-state index in [0.717, 1.165) is 5.69 Å². The van der Waals surface area contributed by atoms with E-state index in [0.29, 0.717) is 12.2 Å². The predicted molar refractivity (Wildman–Crippen MR) is 59.5 cm³/mol. The molecule has 1 aliphatic rings. The largest absolute Gasteiger partial charge is 0.268 e. The van der Waals surface area contributed by atoms with Crippen LogP contribution in [0.2, 0.25) is 0 Å². The SMILES string of the molecule is CC1(C)CN(S(C)(=O)=O)c2cccnc21. The molecule has 2 heterocycles. The van der Waals surface area contributed by atoms with Crippen LogP contribution in [0.5, 0.6) is 0 Å². The summed E-state index contributed by atoms with van der Waals surface area (Å²) in [4.78, 5) is 4.27. The molecule has 2 rings (SSSR count). The molecular formula is C10H14N2O2S. The Balaban J connectivity index is 2.62. The lowest BCUT2D eigenvalue weighted by molar-refractivity contribution is 0.546. The van der Waals surface area contributed by atoms with Gasteiger partial charge in [-0.1, -0.05) is 13.8 Å². The van der Waals surface area contributed by atoms with Crippen LogP contribution < -0.4 is 4.31 Å². The van der Waals surface area contributed by atoms with Gasteiger partial charge in [-0.05, 0) is 12.1 Å². The first-order valence-corrected chi connectivity index (χ1v) is 6.60. The first-order valence-electron chi connectivity index (χ1n) is 4.75. The summed E-state index contributed by atoms with van der Waals surface area (Å²) in [5.41, 5.74) is 1.36. The number of aromatic nitrogens is 1. The van der Waals surface area contributed by atoms with Gasteiger partial charge in [-0.2, -0.15) is 0 Å². The number of fused-ring (bicyclic) bond motifs is 1. The molecule has 0 fully saturated rings. The molecule has 0 unspecified atom stereocenters. The van der Waals surface area contributed by atoms with Crippen molar-refractivity contribution in [2.24, 2.45) is 0 Å². The zero-order chi connectivity index (χ0) is 11.3. The number of nitrogens with zero attached hydrogens (tertiary/aromatic N) is 2. The fraction of sp³-hybridized carbons (Fsp3) is 0.500. The van der Waals surface area contributed by atoms with E-state index in [4.69, 9.17) is 0 Å². The van der Waals surface area contributed by atoms with Crippen LogP contribution in [0, 0.1) is 0 Å². The van der Waals surface area contributed by atoms with Gasteiger partial charge in [0.05, 0.1) is 17.6 Å². The number of rotatable bonds is 1. The minimum Gasteiger partial charge on any atom is -0.268 e. The second-order valence-electron chi connectivity index (χ2n) is 4.52. The molecule has 1 aromatic heterocycles. The number of hydrogen-bond acceptors (Lipinski definition) is 3. The molecule has 1 aromatic rings. The van der Waals surface area contributed by atoms with Crippen LogP contribution in [0.3, 0.4) is 0 Å². The number of sulfonamides is 1. The fourth-order valence-corrected chi connectivity index (χ4v) is 3.00. The Morgan fingerprint density at radius 3 is 2.73 bits per heavy atom. The van der Waals surface area contributed by atoms with Gasteiger partial charge < -0.3 is 0 Å². The van der Waals surface area contributed by atoms with E-state index in [-0.39, 0.29) is 5.41 Å². The smallest absolute Gasteiger partial charge is 0.232 e. The van der Waals surface area contributed by atoms with Gasteiger partial charge in [0, 0.05) is 18.2 Å². The van der Waals surface area contributed by atoms with Gasteiger partial charge in [0.15, 0.2) is 0 Å². The van der Waals surface area contributed by atoms with Crippen molar-refractivity contribution >= 4 is 15.7 Å². The Kier molecular flexibility index (Phi) is 2.05. The molecule has 1 aliphatic heterocycles. The maximum absolute atomic E-state index is 11.6. The average molecular weight is 226 g/mol. The van der Waals surface area contributed by atoms with Crippen LogP contribution in [0.25, 0.3) is 0 Å². The first kappa shape index (κ1) is 10.4. The molecule has 0 bridgehead atoms. The summed E-state index contributed by atoms with van der Waals surface area (Å²) in [5.74, 6) is 0. The Labute approximate surface area is 90.0 Å². The number of anilines is 1. The van der Waals surface area contributed by atoms with Crippen LogP contribution in [-0.2, 0) is 15.4 Å². The summed E-state index contributed by atoms with van der Waals surface area (Å²) in [6, 6.07) is 3.57. The monoisotopic (exact) mass is 226 g/mol. The van der Waals surface area contributed by atoms with Crippen LogP contribution >= 0.6 is 0 Å². The highest BCUT2D eigenvalue weighted by atomic mass is 32.2. The lowest BCUT2D eigenvalue weighted by atomic mass is 9.91. The second kappa shape index (κ2) is 2.95. The molecular weight excluding hydrogens is 212 g/mol. The zero-order valence-electron chi connectivity index (χ0n) is 9.06. The van der Waals surface area contributed by atoms with Crippen LogP contribution in [0.15, 0.2) is 18.3 Å². The molecule has 0 amide bonds. The van der Waals surface area contributed by atoms with E-state index < -0.39 is 10.0 Å². The third kappa shape index (κ3) is 1.61. The molecule has 4 nitrogen and oxygen atoms in total. The van der Waals surface area contributed by atoms with E-state index in [1.54, 1.807) is 18.3 Å². The third-order valence-corrected chi connectivity index (χ3v) is 3.76. The summed E-state index contributed by atoms with van der Waals surface area (Å²) < 4.78 is 24.6. The maximum Gasteiger partial charge on any atom is 0.232 e. The number of pyridine rings is 1. The topological polar surface area (TPSA) is 50.3 Å². The van der Waals surface area contributed by atoms with Gasteiger partial charge in [0.2, 0.25) is 10.0 Å². The summed E-state index contributed by atoms with van der Waals surface area (Å²) in [6.45, 7) is 4.48. The molecule has 0 radical (unpaired) electrons. The molecule has 0 spiro atoms. The highest BCUT2D eigenvalue weighted by molar-refractivity contribution is 7.92. The molecule has 0 saturated carbocycles. The minimum atomic E-state index is -3.19. The van der Waals surface area contributed by atoms with E-state index >= 15 is 0 Å². The summed E-state index contributed by atoms with van der Waals surface area (Å²) in [7, 11) is -3.19. The molecule has 15 heavy (non-hydrogen) atoms. The highest BCUT2D eigenvalue weighted by Crippen LogP contribution is 2.39. The van der Waals surface area contributed by atoms with Crippen molar-refractivity contribution in [2.75, 3.05) is 17.1 Å². The van der Waals surface area contributed by atoms with Crippen molar-refractivity contribution in [3.05, 3.63) is 24.0 Å². The molecule has 0 N–H and O–H groups in total. The van der Waals surface area contributed by atoms with Gasteiger partial charge in [-0.3, -0.25) is 9.29 Å². The van der Waals surface area contributed by atoms with Crippen molar-refractivity contribution < 1.29 is 8.42 Å². The van der Waals surface area contributed by atoms with Gasteiger partial charge in [-0.15, -0.1) is 0 Å². The molecule has 0 atom stereocenters. The Morgan fingerprint density at radius 2 is 2.13 bits per heavy atom. The van der Waals surface area contributed by atoms with Crippen molar-refractivity contribution in [3.63, 3.8) is 0 Å². The average Bonchev–Trinajstić information content (AvgIpc) is 2.39. The fourth-order valence-electron chi connectivity index (χ4n) is 1.93. The van der Waals surface area contributed by atoms with Gasteiger partial charge in [0.1, 0.15) is 0 Å². The molecule has 0 aliphatic carbocycles.